The van der Waals surface area contributed by atoms with Gasteiger partial charge in [-0.05, 0) is 68.1 Å². The second-order valence-corrected chi connectivity index (χ2v) is 13.6. The number of hydrogen-bond donors (Lipinski definition) is 1. The van der Waals surface area contributed by atoms with E-state index in [1.165, 1.54) is 4.31 Å². The summed E-state index contributed by atoms with van der Waals surface area (Å²) in [6, 6.07) is 21.5. The van der Waals surface area contributed by atoms with E-state index in [0.717, 1.165) is 27.4 Å². The third-order valence-electron chi connectivity index (χ3n) is 6.54. The van der Waals surface area contributed by atoms with Gasteiger partial charge in [-0.15, -0.1) is 0 Å². The number of carbonyl (C=O) groups excluding carboxylic acids is 2. The van der Waals surface area contributed by atoms with Crippen molar-refractivity contribution in [2.45, 2.75) is 58.7 Å². The number of rotatable bonds is 13. The van der Waals surface area contributed by atoms with E-state index in [1.807, 2.05) is 75.4 Å². The quantitative estimate of drug-likeness (QED) is 0.239. The van der Waals surface area contributed by atoms with Crippen LogP contribution in [0.25, 0.3) is 0 Å². The lowest BCUT2D eigenvalue weighted by Gasteiger charge is -2.32. The molecule has 0 unspecified atom stereocenters. The van der Waals surface area contributed by atoms with E-state index >= 15 is 0 Å². The first-order valence-electron chi connectivity index (χ1n) is 13.5. The summed E-state index contributed by atoms with van der Waals surface area (Å²) in [7, 11) is -3.63. The number of benzene rings is 3. The van der Waals surface area contributed by atoms with Crippen LogP contribution in [0.3, 0.4) is 0 Å². The summed E-state index contributed by atoms with van der Waals surface area (Å²) >= 11 is 9.67. The van der Waals surface area contributed by atoms with Crippen LogP contribution < -0.4 is 9.62 Å². The van der Waals surface area contributed by atoms with Crippen LogP contribution in [-0.2, 0) is 32.6 Å². The molecule has 0 aliphatic heterocycles. The molecule has 0 saturated heterocycles. The molecule has 0 saturated carbocycles. The van der Waals surface area contributed by atoms with E-state index in [2.05, 4.69) is 21.2 Å². The lowest BCUT2D eigenvalue weighted by Crippen LogP contribution is -2.51. The molecule has 0 fully saturated rings. The molecular weight excluding hydrogens is 626 g/mol. The van der Waals surface area contributed by atoms with Crippen molar-refractivity contribution in [3.63, 3.8) is 0 Å². The van der Waals surface area contributed by atoms with Gasteiger partial charge in [-0.2, -0.15) is 0 Å². The summed E-state index contributed by atoms with van der Waals surface area (Å²) in [6.07, 6.45) is 1.80. The van der Waals surface area contributed by atoms with Gasteiger partial charge in [0.05, 0.1) is 11.9 Å². The summed E-state index contributed by atoms with van der Waals surface area (Å²) < 4.78 is 27.6. The number of nitrogens with zero attached hydrogens (tertiary/aromatic N) is 2. The predicted octanol–water partition coefficient (Wildman–Crippen LogP) is 6.12. The molecule has 3 aromatic carbocycles. The molecule has 0 heterocycles. The van der Waals surface area contributed by atoms with Gasteiger partial charge in [0, 0.05) is 41.5 Å². The molecule has 0 aromatic heterocycles. The Morgan fingerprint density at radius 3 is 2.29 bits per heavy atom. The molecule has 220 valence electrons. The summed E-state index contributed by atoms with van der Waals surface area (Å²) in [4.78, 5) is 29.0. The lowest BCUT2D eigenvalue weighted by molar-refractivity contribution is -0.141. The van der Waals surface area contributed by atoms with E-state index in [9.17, 15) is 18.0 Å². The molecule has 3 rings (SSSR count). The molecule has 7 nitrogen and oxygen atoms in total. The van der Waals surface area contributed by atoms with Crippen LogP contribution in [0, 0.1) is 6.92 Å². The van der Waals surface area contributed by atoms with Crippen molar-refractivity contribution in [3.05, 3.63) is 99.0 Å². The average molecular weight is 663 g/mol. The Morgan fingerprint density at radius 2 is 1.66 bits per heavy atom. The highest BCUT2D eigenvalue weighted by atomic mass is 79.9. The monoisotopic (exact) mass is 661 g/mol. The van der Waals surface area contributed by atoms with Crippen LogP contribution in [0.5, 0.6) is 0 Å². The highest BCUT2D eigenvalue weighted by Crippen LogP contribution is 2.27. The molecule has 2 amide bonds. The first kappa shape index (κ1) is 32.6. The second-order valence-electron chi connectivity index (χ2n) is 10.4. The van der Waals surface area contributed by atoms with Gasteiger partial charge in [0.2, 0.25) is 21.8 Å². The van der Waals surface area contributed by atoms with Crippen LogP contribution in [0.15, 0.2) is 77.3 Å². The van der Waals surface area contributed by atoms with Crippen molar-refractivity contribution >= 4 is 55.1 Å². The van der Waals surface area contributed by atoms with E-state index in [0.29, 0.717) is 17.1 Å². The number of amides is 2. The van der Waals surface area contributed by atoms with Crippen molar-refractivity contribution < 1.29 is 18.0 Å². The van der Waals surface area contributed by atoms with E-state index in [-0.39, 0.29) is 43.8 Å². The number of hydrogen-bond acceptors (Lipinski definition) is 4. The third-order valence-corrected chi connectivity index (χ3v) is 8.44. The summed E-state index contributed by atoms with van der Waals surface area (Å²) in [6.45, 7) is 5.91. The maximum atomic E-state index is 13.9. The summed E-state index contributed by atoms with van der Waals surface area (Å²) in [5, 5.41) is 3.41. The zero-order valence-corrected chi connectivity index (χ0v) is 27.0. The van der Waals surface area contributed by atoms with Gasteiger partial charge in [-0.1, -0.05) is 76.1 Å². The molecule has 1 atom stereocenters. The molecule has 0 spiro atoms. The van der Waals surface area contributed by atoms with Crippen molar-refractivity contribution in [2.24, 2.45) is 0 Å². The third kappa shape index (κ3) is 9.87. The van der Waals surface area contributed by atoms with Crippen molar-refractivity contribution in [2.75, 3.05) is 17.1 Å². The molecule has 0 bridgehead atoms. The van der Waals surface area contributed by atoms with E-state index in [4.69, 9.17) is 11.6 Å². The van der Waals surface area contributed by atoms with Gasteiger partial charge < -0.3 is 10.2 Å². The number of carbonyl (C=O) groups is 2. The second kappa shape index (κ2) is 14.8. The molecule has 0 aliphatic rings. The van der Waals surface area contributed by atoms with Crippen LogP contribution in [-0.4, -0.2) is 50.0 Å². The minimum Gasteiger partial charge on any atom is -0.352 e. The normalized spacial score (nSPS) is 12.2. The van der Waals surface area contributed by atoms with Crippen LogP contribution >= 0.6 is 27.5 Å². The fourth-order valence-electron chi connectivity index (χ4n) is 4.60. The number of sulfonamides is 1. The van der Waals surface area contributed by atoms with Crippen molar-refractivity contribution in [1.29, 1.82) is 0 Å². The molecule has 3 aromatic rings. The number of halogens is 2. The first-order valence-corrected chi connectivity index (χ1v) is 16.5. The minimum absolute atomic E-state index is 0.0554. The maximum Gasteiger partial charge on any atom is 0.243 e. The standard InChI is InChI=1S/C31H37BrClN3O4S/c1-22(2)34-31(38)29(19-24-10-6-5-7-11-24)35(21-25-12-8-13-26(32)18-25)30(37)14-9-17-36(41(4,39)40)28-20-27(33)16-15-23(28)3/h5-8,10-13,15-16,18,20,22,29H,9,14,17,19,21H2,1-4H3,(H,34,38)/t29-/m0/s1. The highest BCUT2D eigenvalue weighted by Gasteiger charge is 2.31. The topological polar surface area (TPSA) is 86.8 Å². The molecule has 41 heavy (non-hydrogen) atoms. The van der Waals surface area contributed by atoms with E-state index < -0.39 is 16.1 Å². The maximum absolute atomic E-state index is 13.9. The minimum atomic E-state index is -3.63. The van der Waals surface area contributed by atoms with Crippen LogP contribution in [0.1, 0.15) is 43.4 Å². The van der Waals surface area contributed by atoms with Gasteiger partial charge in [-0.3, -0.25) is 13.9 Å². The summed E-state index contributed by atoms with van der Waals surface area (Å²) in [5.41, 5.74) is 3.05. The van der Waals surface area contributed by atoms with E-state index in [1.54, 1.807) is 23.1 Å². The fourth-order valence-corrected chi connectivity index (χ4v) is 6.23. The van der Waals surface area contributed by atoms with Crippen LogP contribution in [0.2, 0.25) is 5.02 Å². The van der Waals surface area contributed by atoms with Crippen LogP contribution in [0.4, 0.5) is 5.69 Å². The number of aryl methyl sites for hydroxylation is 1. The average Bonchev–Trinajstić information content (AvgIpc) is 2.89. The van der Waals surface area contributed by atoms with Gasteiger partial charge in [-0.25, -0.2) is 8.42 Å². The lowest BCUT2D eigenvalue weighted by atomic mass is 10.0. The summed E-state index contributed by atoms with van der Waals surface area (Å²) in [5.74, 6) is -0.472. The van der Waals surface area contributed by atoms with Crippen molar-refractivity contribution in [3.8, 4) is 0 Å². The molecule has 1 N–H and O–H groups in total. The van der Waals surface area contributed by atoms with Gasteiger partial charge >= 0.3 is 0 Å². The van der Waals surface area contributed by atoms with Gasteiger partial charge in [0.1, 0.15) is 6.04 Å². The Labute approximate surface area is 257 Å². The Hall–Kier alpha value is -2.88. The zero-order valence-electron chi connectivity index (χ0n) is 23.8. The first-order chi connectivity index (χ1) is 19.3. The SMILES string of the molecule is Cc1ccc(Cl)cc1N(CCCC(=O)N(Cc1cccc(Br)c1)[C@@H](Cc1ccccc1)C(=O)NC(C)C)S(C)(=O)=O. The molecule has 0 radical (unpaired) electrons. The van der Waals surface area contributed by atoms with Gasteiger partial charge in [0.15, 0.2) is 0 Å². The predicted molar refractivity (Wildman–Crippen MR) is 170 cm³/mol. The molecule has 10 heteroatoms. The Balaban J connectivity index is 1.90. The Kier molecular flexibility index (Phi) is 11.8. The number of anilines is 1. The van der Waals surface area contributed by atoms with Gasteiger partial charge in [0.25, 0.3) is 0 Å². The smallest absolute Gasteiger partial charge is 0.243 e. The fraction of sp³-hybridized carbons (Fsp3) is 0.355. The Morgan fingerprint density at radius 1 is 0.976 bits per heavy atom. The zero-order chi connectivity index (χ0) is 30.2. The highest BCUT2D eigenvalue weighted by molar-refractivity contribution is 9.10. The Bertz CT molecular complexity index is 1450. The number of nitrogens with one attached hydrogen (secondary N) is 1. The molecular formula is C31H37BrClN3O4S. The molecule has 0 aliphatic carbocycles. The van der Waals surface area contributed by atoms with Crippen molar-refractivity contribution in [1.82, 2.24) is 10.2 Å². The largest absolute Gasteiger partial charge is 0.352 e.